The van der Waals surface area contributed by atoms with Crippen molar-refractivity contribution in [1.29, 1.82) is 5.26 Å². The van der Waals surface area contributed by atoms with Crippen LogP contribution in [0.15, 0.2) is 81.1 Å². The molecule has 0 radical (unpaired) electrons. The summed E-state index contributed by atoms with van der Waals surface area (Å²) in [6, 6.07) is 16.7. The first-order chi connectivity index (χ1) is 14.7. The molecule has 2 aromatic carbocycles. The highest BCUT2D eigenvalue weighted by atomic mass is 32.2. The first kappa shape index (κ1) is 22.6. The minimum absolute atomic E-state index is 0.0733. The normalized spacial score (nSPS) is 11.9. The topological polar surface area (TPSA) is 118 Å². The van der Waals surface area contributed by atoms with E-state index in [-0.39, 0.29) is 25.3 Å². The summed E-state index contributed by atoms with van der Waals surface area (Å²) in [5, 5.41) is 8.94. The van der Waals surface area contributed by atoms with E-state index in [4.69, 9.17) is 13.9 Å². The van der Waals surface area contributed by atoms with Gasteiger partial charge in [-0.1, -0.05) is 24.3 Å². The van der Waals surface area contributed by atoms with Crippen LogP contribution in [-0.2, 0) is 26.7 Å². The van der Waals surface area contributed by atoms with Crippen molar-refractivity contribution in [1.82, 2.24) is 4.31 Å². The van der Waals surface area contributed by atoms with Crippen LogP contribution in [0.1, 0.15) is 17.7 Å². The predicted octanol–water partition coefficient (Wildman–Crippen LogP) is 3.46. The molecule has 0 saturated heterocycles. The molecule has 0 atom stereocenters. The number of benzene rings is 2. The molecule has 0 aliphatic carbocycles. The maximum atomic E-state index is 13.4. The maximum Gasteiger partial charge on any atom is 0.340 e. The lowest BCUT2D eigenvalue weighted by Crippen LogP contribution is -2.32. The summed E-state index contributed by atoms with van der Waals surface area (Å²) in [5.74, 6) is 0.432. The van der Waals surface area contributed by atoms with E-state index in [1.807, 2.05) is 6.07 Å². The first-order valence-corrected chi connectivity index (χ1v) is 12.1. The lowest BCUT2D eigenvalue weighted by molar-refractivity contribution is 0.367. The summed E-state index contributed by atoms with van der Waals surface area (Å²) in [6.45, 7) is 1.50. The molecule has 10 heteroatoms. The Bertz CT molecular complexity index is 1290. The Kier molecular flexibility index (Phi) is 6.80. The van der Waals surface area contributed by atoms with E-state index in [0.29, 0.717) is 5.76 Å². The Labute approximate surface area is 181 Å². The summed E-state index contributed by atoms with van der Waals surface area (Å²) in [5.41, 5.74) is 0.787. The van der Waals surface area contributed by atoms with Crippen LogP contribution in [0.2, 0.25) is 0 Å². The Morgan fingerprint density at radius 2 is 1.74 bits per heavy atom. The van der Waals surface area contributed by atoms with Gasteiger partial charge in [0.15, 0.2) is 0 Å². The van der Waals surface area contributed by atoms with Gasteiger partial charge in [0.2, 0.25) is 10.0 Å². The molecular formula is C21H20N2O6S2. The smallest absolute Gasteiger partial charge is 0.340 e. The van der Waals surface area contributed by atoms with Crippen molar-refractivity contribution < 1.29 is 25.4 Å². The molecular weight excluding hydrogens is 440 g/mol. The van der Waals surface area contributed by atoms with Gasteiger partial charge in [-0.3, -0.25) is 0 Å². The Balaban J connectivity index is 2.02. The predicted molar refractivity (Wildman–Crippen MR) is 112 cm³/mol. The first-order valence-electron chi connectivity index (χ1n) is 9.24. The molecule has 162 valence electrons. The maximum absolute atomic E-state index is 13.4. The second-order valence-corrected chi connectivity index (χ2v) is 10.0. The highest BCUT2D eigenvalue weighted by molar-refractivity contribution is 7.91. The third-order valence-corrected chi connectivity index (χ3v) is 7.66. The zero-order valence-corrected chi connectivity index (χ0v) is 18.3. The molecule has 0 N–H and O–H groups in total. The van der Waals surface area contributed by atoms with Crippen LogP contribution in [0.5, 0.6) is 5.75 Å². The molecule has 0 spiro atoms. The van der Waals surface area contributed by atoms with E-state index < -0.39 is 29.9 Å². The van der Waals surface area contributed by atoms with Crippen molar-refractivity contribution in [3.05, 3.63) is 78.3 Å². The van der Waals surface area contributed by atoms with Crippen molar-refractivity contribution in [3.8, 4) is 11.8 Å². The fraction of sp³-hybridized carbons (Fsp3) is 0.190. The Morgan fingerprint density at radius 3 is 2.39 bits per heavy atom. The summed E-state index contributed by atoms with van der Waals surface area (Å²) in [4.78, 5) is -0.926. The number of nitrogens with zero attached hydrogens (tertiary/aromatic N) is 2. The number of hydrogen-bond acceptors (Lipinski definition) is 7. The van der Waals surface area contributed by atoms with Gasteiger partial charge < -0.3 is 8.60 Å². The van der Waals surface area contributed by atoms with Crippen molar-refractivity contribution in [2.24, 2.45) is 0 Å². The molecule has 0 saturated carbocycles. The van der Waals surface area contributed by atoms with E-state index in [2.05, 4.69) is 0 Å². The van der Waals surface area contributed by atoms with Crippen molar-refractivity contribution in [2.45, 2.75) is 29.7 Å². The second-order valence-electron chi connectivity index (χ2n) is 6.63. The number of sulfonamides is 1. The average molecular weight is 461 g/mol. The van der Waals surface area contributed by atoms with E-state index >= 15 is 0 Å². The fourth-order valence-electron chi connectivity index (χ4n) is 2.88. The average Bonchev–Trinajstić information content (AvgIpc) is 3.24. The minimum Gasteiger partial charge on any atom is -0.468 e. The molecule has 3 aromatic rings. The summed E-state index contributed by atoms with van der Waals surface area (Å²) in [6.07, 6.45) is 1.33. The van der Waals surface area contributed by atoms with Crippen LogP contribution in [0.4, 0.5) is 0 Å². The van der Waals surface area contributed by atoms with Crippen molar-refractivity contribution in [2.75, 3.05) is 6.54 Å². The summed E-state index contributed by atoms with van der Waals surface area (Å²) in [7, 11) is -8.75. The van der Waals surface area contributed by atoms with E-state index in [1.54, 1.807) is 31.2 Å². The van der Waals surface area contributed by atoms with Crippen LogP contribution >= 0.6 is 0 Å². The molecule has 0 fully saturated rings. The second kappa shape index (κ2) is 9.34. The zero-order chi connectivity index (χ0) is 22.5. The lowest BCUT2D eigenvalue weighted by atomic mass is 10.2. The Hall–Kier alpha value is -3.13. The molecule has 8 nitrogen and oxygen atoms in total. The van der Waals surface area contributed by atoms with Crippen LogP contribution in [0.3, 0.4) is 0 Å². The molecule has 0 unspecified atom stereocenters. The largest absolute Gasteiger partial charge is 0.468 e. The van der Waals surface area contributed by atoms with Gasteiger partial charge in [0, 0.05) is 13.0 Å². The van der Waals surface area contributed by atoms with Gasteiger partial charge in [0.25, 0.3) is 0 Å². The van der Waals surface area contributed by atoms with E-state index in [0.717, 1.165) is 9.87 Å². The van der Waals surface area contributed by atoms with Crippen LogP contribution in [0.25, 0.3) is 0 Å². The van der Waals surface area contributed by atoms with Gasteiger partial charge in [0.05, 0.1) is 18.9 Å². The molecule has 0 aliphatic rings. The van der Waals surface area contributed by atoms with E-state index in [9.17, 15) is 16.8 Å². The lowest BCUT2D eigenvalue weighted by Gasteiger charge is -2.21. The summed E-state index contributed by atoms with van der Waals surface area (Å²) < 4.78 is 64.1. The Morgan fingerprint density at radius 1 is 1.00 bits per heavy atom. The quantitative estimate of drug-likeness (QED) is 0.449. The number of nitriles is 1. The monoisotopic (exact) mass is 460 g/mol. The highest BCUT2D eigenvalue weighted by Crippen LogP contribution is 2.28. The molecule has 1 aromatic heterocycles. The molecule has 31 heavy (non-hydrogen) atoms. The molecule has 1 heterocycles. The summed E-state index contributed by atoms with van der Waals surface area (Å²) >= 11 is 0. The fourth-order valence-corrected chi connectivity index (χ4v) is 5.99. The number of aryl methyl sites for hydroxylation is 1. The van der Waals surface area contributed by atoms with Gasteiger partial charge in [-0.05, 0) is 48.9 Å². The van der Waals surface area contributed by atoms with Gasteiger partial charge in [-0.2, -0.15) is 18.0 Å². The third-order valence-electron chi connectivity index (χ3n) is 4.32. The van der Waals surface area contributed by atoms with Gasteiger partial charge in [-0.25, -0.2) is 8.42 Å². The van der Waals surface area contributed by atoms with Gasteiger partial charge in [-0.15, -0.1) is 0 Å². The SMILES string of the molecule is Cc1cccc(OS(=O)(=O)c2ccccc2S(=O)(=O)N(CCC#N)Cc2ccco2)c1. The zero-order valence-electron chi connectivity index (χ0n) is 16.6. The van der Waals surface area contributed by atoms with Crippen LogP contribution in [0, 0.1) is 18.3 Å². The third kappa shape index (κ3) is 5.32. The molecule has 3 rings (SSSR count). The van der Waals surface area contributed by atoms with Crippen molar-refractivity contribution in [3.63, 3.8) is 0 Å². The number of rotatable bonds is 9. The van der Waals surface area contributed by atoms with Crippen LogP contribution < -0.4 is 4.18 Å². The van der Waals surface area contributed by atoms with Crippen molar-refractivity contribution >= 4 is 20.1 Å². The highest BCUT2D eigenvalue weighted by Gasteiger charge is 2.32. The van der Waals surface area contributed by atoms with Gasteiger partial charge >= 0.3 is 10.1 Å². The molecule has 0 aliphatic heterocycles. The van der Waals surface area contributed by atoms with Crippen LogP contribution in [-0.4, -0.2) is 27.7 Å². The number of furan rings is 1. The van der Waals surface area contributed by atoms with Gasteiger partial charge in [0.1, 0.15) is 21.3 Å². The minimum atomic E-state index is -4.45. The molecule has 0 amide bonds. The number of hydrogen-bond donors (Lipinski definition) is 0. The standard InChI is InChI=1S/C21H20N2O6S2/c1-17-7-4-8-18(15-17)29-31(26,27)21-11-3-2-10-20(21)30(24,25)23(13-6-12-22)16-19-9-5-14-28-19/h2-5,7-11,14-15H,6,13,16H2,1H3. The van der Waals surface area contributed by atoms with E-state index in [1.165, 1.54) is 42.7 Å². The molecule has 0 bridgehead atoms.